The van der Waals surface area contributed by atoms with Gasteiger partial charge in [-0.3, -0.25) is 14.5 Å². The van der Waals surface area contributed by atoms with Gasteiger partial charge in [-0.15, -0.1) is 22.7 Å². The molecule has 2 aromatic heterocycles. The number of fused-ring (bicyclic) bond motifs is 1. The number of nitrogens with two attached hydrogens (primary N) is 1. The summed E-state index contributed by atoms with van der Waals surface area (Å²) in [7, 11) is 1.29. The molecule has 206 valence electrons. The van der Waals surface area contributed by atoms with E-state index in [0.29, 0.717) is 29.1 Å². The minimum Gasteiger partial charge on any atom is -0.457 e. The fourth-order valence-corrected chi connectivity index (χ4v) is 5.93. The van der Waals surface area contributed by atoms with Gasteiger partial charge in [0.15, 0.2) is 10.8 Å². The summed E-state index contributed by atoms with van der Waals surface area (Å²) in [5, 5.41) is 10.7. The van der Waals surface area contributed by atoms with Gasteiger partial charge in [0, 0.05) is 21.9 Å². The average Bonchev–Trinajstić information content (AvgIpc) is 3.62. The minimum atomic E-state index is -0.903. The summed E-state index contributed by atoms with van der Waals surface area (Å²) in [5.74, 6) is -2.21. The maximum atomic E-state index is 13.4. The number of anilines is 1. The number of hydrogen-bond donors (Lipinski definition) is 2. The summed E-state index contributed by atoms with van der Waals surface area (Å²) in [5.41, 5.74) is 7.63. The van der Waals surface area contributed by atoms with Gasteiger partial charge >= 0.3 is 5.97 Å². The summed E-state index contributed by atoms with van der Waals surface area (Å²) < 4.78 is 18.7. The molecule has 0 radical (unpaired) electrons. The van der Waals surface area contributed by atoms with Gasteiger partial charge in [0.25, 0.3) is 11.8 Å². The molecule has 0 spiro atoms. The Morgan fingerprint density at radius 1 is 1.27 bits per heavy atom. The van der Waals surface area contributed by atoms with Crippen LogP contribution in [-0.2, 0) is 24.0 Å². The van der Waals surface area contributed by atoms with Gasteiger partial charge in [-0.25, -0.2) is 19.2 Å². The molecule has 0 saturated carbocycles. The van der Waals surface area contributed by atoms with Crippen molar-refractivity contribution in [3.63, 3.8) is 0 Å². The number of halogens is 1. The molecule has 1 saturated heterocycles. The van der Waals surface area contributed by atoms with Crippen LogP contribution < -0.4 is 11.1 Å². The molecule has 2 aliphatic rings. The molecule has 4 heterocycles. The number of thiazole rings is 2. The molecule has 2 amide bonds. The highest BCUT2D eigenvalue weighted by atomic mass is 32.1. The number of oxime groups is 1. The van der Waals surface area contributed by atoms with Crippen LogP contribution in [0.2, 0.25) is 0 Å². The number of esters is 1. The minimum absolute atomic E-state index is 0.0476. The summed E-state index contributed by atoms with van der Waals surface area (Å²) in [6.07, 6.45) is 2.28. The topological polar surface area (TPSA) is 149 Å². The van der Waals surface area contributed by atoms with Gasteiger partial charge < -0.3 is 20.6 Å². The number of benzene rings is 1. The number of nitrogen functional groups attached to an aromatic ring is 1. The van der Waals surface area contributed by atoms with E-state index in [1.54, 1.807) is 22.9 Å². The SMILES string of the molecule is C=CCOC(=O)C1=C(c2csc(-c3ccc(F)cc3)n2)CC[C@@H]2[C@H](NC(=O)/C(=N\OC)c3csc(N)n3)C(=O)N12. The molecule has 11 nitrogen and oxygen atoms in total. The van der Waals surface area contributed by atoms with Crippen molar-refractivity contribution < 1.29 is 28.3 Å². The lowest BCUT2D eigenvalue weighted by Gasteiger charge is -2.50. The monoisotopic (exact) mass is 582 g/mol. The van der Waals surface area contributed by atoms with Gasteiger partial charge in [-0.1, -0.05) is 17.8 Å². The van der Waals surface area contributed by atoms with Crippen molar-refractivity contribution >= 4 is 56.9 Å². The van der Waals surface area contributed by atoms with Crippen molar-refractivity contribution in [1.82, 2.24) is 20.2 Å². The summed E-state index contributed by atoms with van der Waals surface area (Å²) in [6.45, 7) is 3.52. The first kappa shape index (κ1) is 27.1. The molecular weight excluding hydrogens is 559 g/mol. The molecule has 5 rings (SSSR count). The first-order valence-electron chi connectivity index (χ1n) is 12.0. The lowest BCUT2D eigenvalue weighted by molar-refractivity contribution is -0.156. The van der Waals surface area contributed by atoms with Crippen LogP contribution in [-0.4, -0.2) is 64.2 Å². The van der Waals surface area contributed by atoms with Crippen molar-refractivity contribution in [3.05, 3.63) is 70.6 Å². The number of carbonyl (C=O) groups excluding carboxylic acids is 3. The van der Waals surface area contributed by atoms with Gasteiger partial charge in [0.05, 0.1) is 11.7 Å². The van der Waals surface area contributed by atoms with E-state index in [-0.39, 0.29) is 34.7 Å². The van der Waals surface area contributed by atoms with Crippen molar-refractivity contribution in [2.24, 2.45) is 5.16 Å². The number of allylic oxidation sites excluding steroid dienone is 1. The van der Waals surface area contributed by atoms with Crippen LogP contribution >= 0.6 is 22.7 Å². The second kappa shape index (κ2) is 11.4. The van der Waals surface area contributed by atoms with Crippen molar-refractivity contribution in [2.75, 3.05) is 19.5 Å². The fraction of sp³-hybridized carbons (Fsp3) is 0.231. The molecule has 40 heavy (non-hydrogen) atoms. The Morgan fingerprint density at radius 2 is 2.05 bits per heavy atom. The third-order valence-electron chi connectivity index (χ3n) is 6.32. The Bertz CT molecular complexity index is 1550. The number of rotatable bonds is 9. The van der Waals surface area contributed by atoms with Crippen LogP contribution in [0.25, 0.3) is 16.1 Å². The zero-order valence-corrected chi connectivity index (χ0v) is 22.8. The summed E-state index contributed by atoms with van der Waals surface area (Å²) >= 11 is 2.47. The van der Waals surface area contributed by atoms with E-state index in [2.05, 4.69) is 27.0 Å². The Balaban J connectivity index is 1.42. The second-order valence-corrected chi connectivity index (χ2v) is 10.5. The zero-order valence-electron chi connectivity index (χ0n) is 21.1. The van der Waals surface area contributed by atoms with E-state index < -0.39 is 29.9 Å². The highest BCUT2D eigenvalue weighted by Crippen LogP contribution is 2.42. The third-order valence-corrected chi connectivity index (χ3v) is 7.88. The maximum absolute atomic E-state index is 13.4. The summed E-state index contributed by atoms with van der Waals surface area (Å²) in [6, 6.07) is 4.54. The number of amides is 2. The number of β-lactam (4-membered cyclic amide) rings is 1. The molecule has 3 aromatic rings. The first-order valence-corrected chi connectivity index (χ1v) is 13.8. The number of nitrogens with zero attached hydrogens (tertiary/aromatic N) is 4. The quantitative estimate of drug-likeness (QED) is 0.129. The predicted molar refractivity (Wildman–Crippen MR) is 147 cm³/mol. The molecule has 2 atom stereocenters. The number of carbonyl (C=O) groups is 3. The highest BCUT2D eigenvalue weighted by Gasteiger charge is 2.54. The zero-order chi connectivity index (χ0) is 28.4. The predicted octanol–water partition coefficient (Wildman–Crippen LogP) is 2.97. The maximum Gasteiger partial charge on any atom is 0.355 e. The van der Waals surface area contributed by atoms with E-state index in [0.717, 1.165) is 16.9 Å². The van der Waals surface area contributed by atoms with Crippen molar-refractivity contribution in [3.8, 4) is 10.6 Å². The molecule has 14 heteroatoms. The Kier molecular flexibility index (Phi) is 7.71. The van der Waals surface area contributed by atoms with E-state index >= 15 is 0 Å². The largest absolute Gasteiger partial charge is 0.457 e. The van der Waals surface area contributed by atoms with Crippen LogP contribution in [0.4, 0.5) is 9.52 Å². The number of ether oxygens (including phenoxy) is 1. The standard InChI is InChI=1S/C26H23FN6O5S2/c1-3-10-38-25(36)21-15(16-11-39-23(29-16)13-4-6-14(27)7-5-13)8-9-18-20(24(35)33(18)21)31-22(34)19(32-37-2)17-12-40-26(28)30-17/h3-7,11-12,18,20H,1,8-10H2,2H3,(H2,28,30)(H,31,34)/b32-19-/t18-,20+/m1/s1. The molecule has 3 N–H and O–H groups in total. The van der Waals surface area contributed by atoms with Gasteiger partial charge in [-0.2, -0.15) is 0 Å². The van der Waals surface area contributed by atoms with Gasteiger partial charge in [-0.05, 0) is 37.1 Å². The molecule has 1 fully saturated rings. The normalized spacial score (nSPS) is 18.6. The Hall–Kier alpha value is -4.43. The number of aromatic nitrogens is 2. The Morgan fingerprint density at radius 3 is 2.73 bits per heavy atom. The molecule has 0 unspecified atom stereocenters. The van der Waals surface area contributed by atoms with E-state index in [1.807, 2.05) is 0 Å². The van der Waals surface area contributed by atoms with Crippen LogP contribution in [0.3, 0.4) is 0 Å². The third kappa shape index (κ3) is 5.10. The van der Waals surface area contributed by atoms with Crippen molar-refractivity contribution in [1.29, 1.82) is 0 Å². The highest BCUT2D eigenvalue weighted by molar-refractivity contribution is 7.13. The summed E-state index contributed by atoms with van der Waals surface area (Å²) in [4.78, 5) is 54.5. The lowest BCUT2D eigenvalue weighted by Crippen LogP contribution is -2.72. The molecular formula is C26H23FN6O5S2. The molecule has 1 aromatic carbocycles. The van der Waals surface area contributed by atoms with E-state index in [1.165, 1.54) is 41.6 Å². The smallest absolute Gasteiger partial charge is 0.355 e. The Labute approximate surface area is 235 Å². The van der Waals surface area contributed by atoms with Gasteiger partial charge in [0.2, 0.25) is 0 Å². The molecule has 0 bridgehead atoms. The van der Waals surface area contributed by atoms with Crippen LogP contribution in [0.1, 0.15) is 24.2 Å². The molecule has 2 aliphatic heterocycles. The lowest BCUT2D eigenvalue weighted by atomic mass is 9.82. The van der Waals surface area contributed by atoms with Crippen LogP contribution in [0.15, 0.2) is 58.5 Å². The van der Waals surface area contributed by atoms with E-state index in [9.17, 15) is 18.8 Å². The fourth-order valence-electron chi connectivity index (χ4n) is 4.54. The van der Waals surface area contributed by atoms with E-state index in [4.69, 9.17) is 15.3 Å². The molecule has 0 aliphatic carbocycles. The number of nitrogens with one attached hydrogen (secondary N) is 1. The average molecular weight is 583 g/mol. The van der Waals surface area contributed by atoms with Crippen LogP contribution in [0.5, 0.6) is 0 Å². The van der Waals surface area contributed by atoms with Crippen LogP contribution in [0, 0.1) is 5.82 Å². The first-order chi connectivity index (χ1) is 19.3. The van der Waals surface area contributed by atoms with Crippen molar-refractivity contribution in [2.45, 2.75) is 24.9 Å². The number of hydrogen-bond acceptors (Lipinski definition) is 11. The van der Waals surface area contributed by atoms with Gasteiger partial charge in [0.1, 0.15) is 42.0 Å². The second-order valence-electron chi connectivity index (χ2n) is 8.72.